The third-order valence-corrected chi connectivity index (χ3v) is 7.01. The second kappa shape index (κ2) is 10.9. The van der Waals surface area contributed by atoms with Crippen LogP contribution in [0.15, 0.2) is 65.1 Å². The highest BCUT2D eigenvalue weighted by molar-refractivity contribution is 14.1. The first-order valence-electron chi connectivity index (χ1n) is 10.7. The second-order valence-corrected chi connectivity index (χ2v) is 10.3. The highest BCUT2D eigenvalue weighted by Crippen LogP contribution is 2.34. The first kappa shape index (κ1) is 25.4. The van der Waals surface area contributed by atoms with Crippen molar-refractivity contribution in [1.82, 2.24) is 0 Å². The number of benzene rings is 3. The van der Waals surface area contributed by atoms with Crippen LogP contribution in [0.5, 0.6) is 11.5 Å². The fourth-order valence-corrected chi connectivity index (χ4v) is 5.44. The Morgan fingerprint density at radius 2 is 1.66 bits per heavy atom. The second-order valence-electron chi connectivity index (χ2n) is 8.01. The van der Waals surface area contributed by atoms with Crippen LogP contribution in [0.4, 0.5) is 0 Å². The Morgan fingerprint density at radius 1 is 0.971 bits per heavy atom. The molecule has 4 rings (SSSR count). The van der Waals surface area contributed by atoms with Gasteiger partial charge in [-0.25, -0.2) is 0 Å². The lowest BCUT2D eigenvalue weighted by Gasteiger charge is -2.07. The van der Waals surface area contributed by atoms with Crippen LogP contribution in [0, 0.1) is 7.14 Å². The van der Waals surface area contributed by atoms with Gasteiger partial charge >= 0.3 is 5.97 Å². The van der Waals surface area contributed by atoms with Crippen molar-refractivity contribution in [3.8, 4) is 11.5 Å². The monoisotopic (exact) mass is 694 g/mol. The van der Waals surface area contributed by atoms with Crippen LogP contribution in [-0.4, -0.2) is 22.6 Å². The number of carbonyl (C=O) groups excluding carboxylic acids is 3. The molecule has 0 unspecified atom stereocenters. The Balaban J connectivity index is 1.69. The van der Waals surface area contributed by atoms with Crippen molar-refractivity contribution < 1.29 is 28.6 Å². The minimum Gasteiger partial charge on any atom is -0.506 e. The molecular formula is C27H20I2O6. The number of phenols is 1. The zero-order valence-corrected chi connectivity index (χ0v) is 23.0. The minimum absolute atomic E-state index is 0.0203. The fraction of sp³-hybridized carbons (Fsp3) is 0.148. The maximum atomic E-state index is 13.5. The van der Waals surface area contributed by atoms with Crippen LogP contribution in [0.3, 0.4) is 0 Å². The standard InChI is InChI=1S/C27H20I2O6/c1-15(30)7-10-22-25(26(32)17-12-20(28)27(33)21(29)13-17)19-9-8-18(14-23(19)35-22)34-24(31)11-16-5-3-2-4-6-16/h2-6,8-9,12-14,33H,7,10-11H2,1H3. The molecule has 0 bridgehead atoms. The van der Waals surface area contributed by atoms with Gasteiger partial charge in [0, 0.05) is 29.9 Å². The highest BCUT2D eigenvalue weighted by atomic mass is 127. The predicted octanol–water partition coefficient (Wildman–Crippen LogP) is 6.25. The van der Waals surface area contributed by atoms with Crippen molar-refractivity contribution in [2.75, 3.05) is 0 Å². The Hall–Kier alpha value is -2.73. The van der Waals surface area contributed by atoms with E-state index in [0.29, 0.717) is 40.7 Å². The van der Waals surface area contributed by atoms with Gasteiger partial charge in [-0.1, -0.05) is 30.3 Å². The van der Waals surface area contributed by atoms with E-state index in [0.717, 1.165) is 5.56 Å². The number of fused-ring (bicyclic) bond motifs is 1. The lowest BCUT2D eigenvalue weighted by Crippen LogP contribution is -2.11. The van der Waals surface area contributed by atoms with E-state index in [1.54, 1.807) is 30.3 Å². The van der Waals surface area contributed by atoms with Crippen LogP contribution in [0.25, 0.3) is 11.0 Å². The van der Waals surface area contributed by atoms with Crippen molar-refractivity contribution in [3.05, 3.63) is 90.3 Å². The fourth-order valence-electron chi connectivity index (χ4n) is 3.68. The number of aryl methyl sites for hydroxylation is 1. The van der Waals surface area contributed by atoms with Crippen LogP contribution >= 0.6 is 45.2 Å². The normalized spacial score (nSPS) is 10.9. The van der Waals surface area contributed by atoms with Crippen molar-refractivity contribution in [3.63, 3.8) is 0 Å². The first-order valence-corrected chi connectivity index (χ1v) is 12.9. The molecule has 0 fully saturated rings. The Kier molecular flexibility index (Phi) is 7.90. The van der Waals surface area contributed by atoms with E-state index in [4.69, 9.17) is 9.15 Å². The number of ketones is 2. The third kappa shape index (κ3) is 5.92. The maximum absolute atomic E-state index is 13.5. The van der Waals surface area contributed by atoms with Crippen LogP contribution < -0.4 is 4.74 Å². The van der Waals surface area contributed by atoms with Crippen molar-refractivity contribution >= 4 is 73.7 Å². The van der Waals surface area contributed by atoms with Crippen molar-refractivity contribution in [2.24, 2.45) is 0 Å². The van der Waals surface area contributed by atoms with Crippen LogP contribution in [0.1, 0.15) is 40.6 Å². The molecule has 1 N–H and O–H groups in total. The number of phenolic OH excluding ortho intramolecular Hbond substituents is 1. The van der Waals surface area contributed by atoms with Gasteiger partial charge in [0.2, 0.25) is 0 Å². The molecule has 0 atom stereocenters. The van der Waals surface area contributed by atoms with Gasteiger partial charge < -0.3 is 19.1 Å². The number of rotatable bonds is 8. The Bertz CT molecular complexity index is 1420. The van der Waals surface area contributed by atoms with Crippen LogP contribution in [0.2, 0.25) is 0 Å². The van der Waals surface area contributed by atoms with Crippen molar-refractivity contribution in [2.45, 2.75) is 26.2 Å². The number of esters is 1. The van der Waals surface area contributed by atoms with Gasteiger partial charge in [0.1, 0.15) is 28.6 Å². The summed E-state index contributed by atoms with van der Waals surface area (Å²) in [5.41, 5.74) is 2.00. The van der Waals surface area contributed by atoms with E-state index in [1.807, 2.05) is 75.5 Å². The highest BCUT2D eigenvalue weighted by Gasteiger charge is 2.24. The van der Waals surface area contributed by atoms with Gasteiger partial charge in [-0.05, 0) is 81.9 Å². The molecule has 8 heteroatoms. The van der Waals surface area contributed by atoms with E-state index < -0.39 is 5.97 Å². The Morgan fingerprint density at radius 3 is 2.31 bits per heavy atom. The number of carbonyl (C=O) groups is 3. The van der Waals surface area contributed by atoms with E-state index in [-0.39, 0.29) is 36.6 Å². The molecule has 6 nitrogen and oxygen atoms in total. The van der Waals surface area contributed by atoms with Gasteiger partial charge in [-0.3, -0.25) is 9.59 Å². The zero-order valence-electron chi connectivity index (χ0n) is 18.6. The van der Waals surface area contributed by atoms with Gasteiger partial charge in [-0.2, -0.15) is 0 Å². The van der Waals surface area contributed by atoms with Gasteiger partial charge in [0.15, 0.2) is 5.78 Å². The molecule has 0 saturated carbocycles. The molecule has 0 amide bonds. The summed E-state index contributed by atoms with van der Waals surface area (Å²) in [4.78, 5) is 37.6. The smallest absolute Gasteiger partial charge is 0.315 e. The summed E-state index contributed by atoms with van der Waals surface area (Å²) in [6.07, 6.45) is 0.618. The van der Waals surface area contributed by atoms with E-state index >= 15 is 0 Å². The SMILES string of the molecule is CC(=O)CCc1oc2cc(OC(=O)Cc3ccccc3)ccc2c1C(=O)c1cc(I)c(O)c(I)c1. The summed E-state index contributed by atoms with van der Waals surface area (Å²) in [5, 5.41) is 10.7. The lowest BCUT2D eigenvalue weighted by atomic mass is 9.98. The van der Waals surface area contributed by atoms with Gasteiger partial charge in [0.05, 0.1) is 19.1 Å². The third-order valence-electron chi connectivity index (χ3n) is 5.37. The minimum atomic E-state index is -0.413. The summed E-state index contributed by atoms with van der Waals surface area (Å²) in [6.45, 7) is 1.49. The molecule has 1 heterocycles. The molecule has 0 aliphatic heterocycles. The summed E-state index contributed by atoms with van der Waals surface area (Å²) in [5.74, 6) is 0.117. The van der Waals surface area contributed by atoms with Crippen LogP contribution in [-0.2, 0) is 22.4 Å². The summed E-state index contributed by atoms with van der Waals surface area (Å²) >= 11 is 3.96. The van der Waals surface area contributed by atoms with E-state index in [1.165, 1.54) is 6.92 Å². The summed E-state index contributed by atoms with van der Waals surface area (Å²) < 4.78 is 12.6. The molecular weight excluding hydrogens is 674 g/mol. The Labute approximate surface area is 228 Å². The number of hydrogen-bond donors (Lipinski definition) is 1. The molecule has 0 saturated heterocycles. The summed E-state index contributed by atoms with van der Waals surface area (Å²) in [6, 6.07) is 17.4. The number of ether oxygens (including phenoxy) is 1. The van der Waals surface area contributed by atoms with E-state index in [2.05, 4.69) is 0 Å². The maximum Gasteiger partial charge on any atom is 0.315 e. The summed E-state index contributed by atoms with van der Waals surface area (Å²) in [7, 11) is 0. The molecule has 0 aliphatic carbocycles. The average Bonchev–Trinajstić information content (AvgIpc) is 3.18. The zero-order chi connectivity index (χ0) is 25.1. The quantitative estimate of drug-likeness (QED) is 0.102. The molecule has 35 heavy (non-hydrogen) atoms. The first-order chi connectivity index (χ1) is 16.7. The van der Waals surface area contributed by atoms with Gasteiger partial charge in [0.25, 0.3) is 0 Å². The average molecular weight is 694 g/mol. The molecule has 0 aliphatic rings. The topological polar surface area (TPSA) is 93.8 Å². The molecule has 1 aromatic heterocycles. The molecule has 0 radical (unpaired) electrons. The van der Waals surface area contributed by atoms with E-state index in [9.17, 15) is 19.5 Å². The molecule has 3 aromatic carbocycles. The molecule has 4 aromatic rings. The number of halogens is 2. The molecule has 0 spiro atoms. The lowest BCUT2D eigenvalue weighted by molar-refractivity contribution is -0.133. The number of furan rings is 1. The largest absolute Gasteiger partial charge is 0.506 e. The van der Waals surface area contributed by atoms with Gasteiger partial charge in [-0.15, -0.1) is 0 Å². The molecule has 178 valence electrons. The predicted molar refractivity (Wildman–Crippen MR) is 148 cm³/mol. The number of hydrogen-bond acceptors (Lipinski definition) is 6. The van der Waals surface area contributed by atoms with Crippen molar-refractivity contribution in [1.29, 1.82) is 0 Å². The number of aromatic hydroxyl groups is 1. The number of Topliss-reactive ketones (excluding diaryl/α,β-unsaturated/α-hetero) is 1.